The molecule has 0 radical (unpaired) electrons. The predicted molar refractivity (Wildman–Crippen MR) is 149 cm³/mol. The molecular formula is C29H40Cl2N2O2. The molecule has 0 aliphatic heterocycles. The molecule has 2 N–H and O–H groups in total. The van der Waals surface area contributed by atoms with E-state index in [0.717, 1.165) is 31.3 Å². The fourth-order valence-electron chi connectivity index (χ4n) is 5.09. The lowest BCUT2D eigenvalue weighted by atomic mass is 9.86. The van der Waals surface area contributed by atoms with Crippen molar-refractivity contribution in [2.24, 2.45) is 11.8 Å². The molecule has 0 bridgehead atoms. The second-order valence-electron chi connectivity index (χ2n) is 9.63. The zero-order valence-electron chi connectivity index (χ0n) is 20.9. The average molecular weight is 520 g/mol. The lowest BCUT2D eigenvalue weighted by Gasteiger charge is -2.29. The van der Waals surface area contributed by atoms with E-state index in [1.54, 1.807) is 5.57 Å². The van der Waals surface area contributed by atoms with Gasteiger partial charge in [-0.05, 0) is 80.2 Å². The summed E-state index contributed by atoms with van der Waals surface area (Å²) < 4.78 is 4.76. The summed E-state index contributed by atoms with van der Waals surface area (Å²) in [6, 6.07) is 19.7. The minimum atomic E-state index is -0.280. The van der Waals surface area contributed by atoms with Gasteiger partial charge in [0.15, 0.2) is 0 Å². The first-order chi connectivity index (χ1) is 16.2. The van der Waals surface area contributed by atoms with Crippen LogP contribution in [0.5, 0.6) is 0 Å². The van der Waals surface area contributed by atoms with Crippen LogP contribution in [0, 0.1) is 11.8 Å². The third kappa shape index (κ3) is 8.64. The minimum Gasteiger partial charge on any atom is -0.465 e. The number of nitrogens with one attached hydrogen (secondary N) is 2. The fourth-order valence-corrected chi connectivity index (χ4v) is 5.09. The normalized spacial score (nSPS) is 23.5. The molecule has 192 valence electrons. The molecule has 2 atom stereocenters. The molecule has 0 saturated heterocycles. The Morgan fingerprint density at radius 3 is 2.29 bits per heavy atom. The smallest absolute Gasteiger partial charge is 0.337 e. The Balaban J connectivity index is 0.00000216. The molecule has 0 amide bonds. The van der Waals surface area contributed by atoms with Gasteiger partial charge in [-0.2, -0.15) is 0 Å². The van der Waals surface area contributed by atoms with Crippen LogP contribution < -0.4 is 10.6 Å². The third-order valence-corrected chi connectivity index (χ3v) is 7.31. The van der Waals surface area contributed by atoms with Crippen LogP contribution >= 0.6 is 24.8 Å². The summed E-state index contributed by atoms with van der Waals surface area (Å²) in [5.41, 5.74) is 4.73. The second-order valence-corrected chi connectivity index (χ2v) is 9.63. The highest BCUT2D eigenvalue weighted by molar-refractivity contribution is 5.89. The van der Waals surface area contributed by atoms with Gasteiger partial charge in [0, 0.05) is 18.6 Å². The summed E-state index contributed by atoms with van der Waals surface area (Å²) in [5.74, 6) is 1.24. The number of hydrogen-bond donors (Lipinski definition) is 2. The molecule has 2 saturated carbocycles. The molecule has 4 rings (SSSR count). The van der Waals surface area contributed by atoms with Gasteiger partial charge in [0.1, 0.15) is 0 Å². The van der Waals surface area contributed by atoms with Crippen LogP contribution in [0.1, 0.15) is 66.9 Å². The maximum absolute atomic E-state index is 11.6. The Labute approximate surface area is 223 Å². The number of methoxy groups -OCH3 is 1. The molecule has 2 aromatic rings. The van der Waals surface area contributed by atoms with Crippen molar-refractivity contribution in [3.63, 3.8) is 0 Å². The molecular weight excluding hydrogens is 479 g/mol. The maximum atomic E-state index is 11.6. The first-order valence-electron chi connectivity index (χ1n) is 12.6. The van der Waals surface area contributed by atoms with Crippen LogP contribution in [0.2, 0.25) is 0 Å². The highest BCUT2D eigenvalue weighted by Crippen LogP contribution is 2.40. The van der Waals surface area contributed by atoms with Gasteiger partial charge in [-0.25, -0.2) is 4.79 Å². The average Bonchev–Trinajstić information content (AvgIpc) is 3.65. The van der Waals surface area contributed by atoms with Gasteiger partial charge < -0.3 is 15.4 Å². The Bertz CT molecular complexity index is 925. The first-order valence-corrected chi connectivity index (χ1v) is 12.6. The zero-order valence-corrected chi connectivity index (χ0v) is 22.5. The minimum absolute atomic E-state index is 0. The lowest BCUT2D eigenvalue weighted by molar-refractivity contribution is 0.0600. The number of halogens is 2. The second kappa shape index (κ2) is 14.6. The maximum Gasteiger partial charge on any atom is 0.337 e. The standard InChI is InChI=1S/C29H38N2O2.2ClH/c1-3-24(17-21-7-5-4-6-8-21)27-18-28(27)31-20-23-11-15-26(16-12-23)30-19-22-9-13-25(14-10-22)29(32)33-2;;/h4-10,13-14,17,23,26-28,30-31H,3,11-12,15-16,18-20H2,1-2H3;2*1H/b24-17+;;/t23?,26?,27-,28+;;/m0../s1. The molecule has 0 unspecified atom stereocenters. The van der Waals surface area contributed by atoms with Gasteiger partial charge in [-0.3, -0.25) is 0 Å². The first kappa shape index (κ1) is 29.4. The van der Waals surface area contributed by atoms with Crippen molar-refractivity contribution in [3.8, 4) is 0 Å². The number of benzene rings is 2. The van der Waals surface area contributed by atoms with E-state index >= 15 is 0 Å². The van der Waals surface area contributed by atoms with Gasteiger partial charge >= 0.3 is 5.97 Å². The van der Waals surface area contributed by atoms with Gasteiger partial charge in [-0.1, -0.05) is 61.0 Å². The van der Waals surface area contributed by atoms with Crippen LogP contribution in [0.3, 0.4) is 0 Å². The topological polar surface area (TPSA) is 50.4 Å². The molecule has 6 heteroatoms. The molecule has 4 nitrogen and oxygen atoms in total. The van der Waals surface area contributed by atoms with Crippen molar-refractivity contribution in [2.45, 2.75) is 64.1 Å². The zero-order chi connectivity index (χ0) is 23.0. The molecule has 2 aliphatic carbocycles. The van der Waals surface area contributed by atoms with Crippen molar-refractivity contribution in [1.29, 1.82) is 0 Å². The summed E-state index contributed by atoms with van der Waals surface area (Å²) in [5, 5.41) is 7.58. The number of esters is 1. The number of ether oxygens (including phenoxy) is 1. The number of carbonyl (C=O) groups excluding carboxylic acids is 1. The quantitative estimate of drug-likeness (QED) is 0.355. The van der Waals surface area contributed by atoms with Crippen molar-refractivity contribution in [2.75, 3.05) is 13.7 Å². The number of carbonyl (C=O) groups is 1. The van der Waals surface area contributed by atoms with Crippen molar-refractivity contribution in [3.05, 3.63) is 76.9 Å². The molecule has 0 aromatic heterocycles. The van der Waals surface area contributed by atoms with Crippen LogP contribution in [0.4, 0.5) is 0 Å². The van der Waals surface area contributed by atoms with Crippen LogP contribution in [-0.2, 0) is 11.3 Å². The Morgan fingerprint density at radius 1 is 0.971 bits per heavy atom. The van der Waals surface area contributed by atoms with Crippen LogP contribution in [0.25, 0.3) is 6.08 Å². The van der Waals surface area contributed by atoms with E-state index in [-0.39, 0.29) is 30.8 Å². The SMILES string of the molecule is CC/C(=C\c1ccccc1)[C@@H]1C[C@H]1NCC1CCC(NCc2ccc(C(=O)OC)cc2)CC1.Cl.Cl. The predicted octanol–water partition coefficient (Wildman–Crippen LogP) is 6.44. The van der Waals surface area contributed by atoms with E-state index in [9.17, 15) is 4.79 Å². The van der Waals surface area contributed by atoms with Crippen molar-refractivity contribution >= 4 is 36.9 Å². The van der Waals surface area contributed by atoms with E-state index in [1.807, 2.05) is 24.3 Å². The Morgan fingerprint density at radius 2 is 1.66 bits per heavy atom. The Kier molecular flexibility index (Phi) is 12.3. The largest absolute Gasteiger partial charge is 0.465 e. The molecule has 0 spiro atoms. The third-order valence-electron chi connectivity index (χ3n) is 7.31. The molecule has 2 aliphatic rings. The van der Waals surface area contributed by atoms with E-state index < -0.39 is 0 Å². The van der Waals surface area contributed by atoms with Gasteiger partial charge in [0.2, 0.25) is 0 Å². The van der Waals surface area contributed by atoms with E-state index in [0.29, 0.717) is 17.6 Å². The summed E-state index contributed by atoms with van der Waals surface area (Å²) in [4.78, 5) is 11.6. The highest BCUT2D eigenvalue weighted by Gasteiger charge is 2.39. The summed E-state index contributed by atoms with van der Waals surface area (Å²) >= 11 is 0. The fraction of sp³-hybridized carbons (Fsp3) is 0.483. The number of rotatable bonds is 10. The van der Waals surface area contributed by atoms with Crippen LogP contribution in [-0.4, -0.2) is 31.7 Å². The van der Waals surface area contributed by atoms with Crippen molar-refractivity contribution in [1.82, 2.24) is 10.6 Å². The molecule has 2 fully saturated rings. The molecule has 0 heterocycles. The van der Waals surface area contributed by atoms with E-state index in [2.05, 4.69) is 54.0 Å². The van der Waals surface area contributed by atoms with Gasteiger partial charge in [0.05, 0.1) is 12.7 Å². The lowest BCUT2D eigenvalue weighted by Crippen LogP contribution is -2.36. The molecule has 35 heavy (non-hydrogen) atoms. The summed E-state index contributed by atoms with van der Waals surface area (Å²) in [6.07, 6.45) is 9.90. The molecule has 2 aromatic carbocycles. The monoisotopic (exact) mass is 518 g/mol. The van der Waals surface area contributed by atoms with Gasteiger partial charge in [0.25, 0.3) is 0 Å². The van der Waals surface area contributed by atoms with Gasteiger partial charge in [-0.15, -0.1) is 24.8 Å². The van der Waals surface area contributed by atoms with E-state index in [4.69, 9.17) is 4.74 Å². The highest BCUT2D eigenvalue weighted by atomic mass is 35.5. The van der Waals surface area contributed by atoms with Crippen molar-refractivity contribution < 1.29 is 9.53 Å². The summed E-state index contributed by atoms with van der Waals surface area (Å²) in [7, 11) is 1.41. The van der Waals surface area contributed by atoms with Crippen LogP contribution in [0.15, 0.2) is 60.2 Å². The number of hydrogen-bond acceptors (Lipinski definition) is 4. The van der Waals surface area contributed by atoms with E-state index in [1.165, 1.54) is 50.3 Å². The summed E-state index contributed by atoms with van der Waals surface area (Å²) in [6.45, 7) is 4.30. The Hall–Kier alpha value is -1.85.